The van der Waals surface area contributed by atoms with Crippen molar-refractivity contribution in [2.45, 2.75) is 12.5 Å². The van der Waals surface area contributed by atoms with Crippen LogP contribution in [0.25, 0.3) is 6.08 Å². The average molecular weight is 227 g/mol. The first-order chi connectivity index (χ1) is 8.24. The first kappa shape index (κ1) is 10.2. The molecule has 1 aromatic heterocycles. The highest BCUT2D eigenvalue weighted by Gasteiger charge is 2.29. The summed E-state index contributed by atoms with van der Waals surface area (Å²) in [4.78, 5) is 16.1. The van der Waals surface area contributed by atoms with Crippen LogP contribution in [0.2, 0.25) is 0 Å². The third-order valence-electron chi connectivity index (χ3n) is 3.10. The standard InChI is InChI=1S/C13H13N3O/c1-8-7-15-12(13(17)16-8)10-5-9-3-2-4-14-11(9)6-10/h2-4,6,12,15H,1,5,7H2,(H,16,17). The minimum Gasteiger partial charge on any atom is -0.327 e. The number of amides is 1. The molecular weight excluding hydrogens is 214 g/mol. The van der Waals surface area contributed by atoms with Gasteiger partial charge in [-0.1, -0.05) is 12.6 Å². The third-order valence-corrected chi connectivity index (χ3v) is 3.10. The Morgan fingerprint density at radius 3 is 3.12 bits per heavy atom. The molecule has 0 saturated carbocycles. The van der Waals surface area contributed by atoms with Crippen LogP contribution >= 0.6 is 0 Å². The van der Waals surface area contributed by atoms with Crippen LogP contribution in [0, 0.1) is 0 Å². The van der Waals surface area contributed by atoms with E-state index in [1.54, 1.807) is 6.20 Å². The topological polar surface area (TPSA) is 54.0 Å². The van der Waals surface area contributed by atoms with E-state index < -0.39 is 0 Å². The molecule has 1 aliphatic carbocycles. The van der Waals surface area contributed by atoms with Crippen molar-refractivity contribution in [1.29, 1.82) is 0 Å². The van der Waals surface area contributed by atoms with Crippen LogP contribution < -0.4 is 10.6 Å². The van der Waals surface area contributed by atoms with Crippen LogP contribution in [0.4, 0.5) is 0 Å². The number of fused-ring (bicyclic) bond motifs is 1. The number of hydrogen-bond acceptors (Lipinski definition) is 3. The number of pyridine rings is 1. The second-order valence-corrected chi connectivity index (χ2v) is 4.35. The SMILES string of the molecule is C=C1CNC(C2=Cc3ncccc3C2)C(=O)N1. The number of piperazine rings is 1. The molecule has 2 N–H and O–H groups in total. The Morgan fingerprint density at radius 2 is 2.35 bits per heavy atom. The summed E-state index contributed by atoms with van der Waals surface area (Å²) >= 11 is 0. The fraction of sp³-hybridized carbons (Fsp3) is 0.231. The number of carbonyl (C=O) groups excluding carboxylic acids is 1. The van der Waals surface area contributed by atoms with Gasteiger partial charge in [0, 0.05) is 18.4 Å². The van der Waals surface area contributed by atoms with Crippen LogP contribution in [0.3, 0.4) is 0 Å². The molecule has 4 heteroatoms. The molecule has 0 bridgehead atoms. The zero-order chi connectivity index (χ0) is 11.8. The second-order valence-electron chi connectivity index (χ2n) is 4.35. The molecule has 1 unspecified atom stereocenters. The number of nitrogens with one attached hydrogen (secondary N) is 2. The van der Waals surface area contributed by atoms with Crippen molar-refractivity contribution >= 4 is 12.0 Å². The summed E-state index contributed by atoms with van der Waals surface area (Å²) < 4.78 is 0. The van der Waals surface area contributed by atoms with E-state index >= 15 is 0 Å². The van der Waals surface area contributed by atoms with Crippen LogP contribution in [-0.2, 0) is 11.2 Å². The Kier molecular flexibility index (Phi) is 2.30. The molecule has 2 heterocycles. The first-order valence-electron chi connectivity index (χ1n) is 5.60. The van der Waals surface area contributed by atoms with Gasteiger partial charge in [0.15, 0.2) is 0 Å². The average Bonchev–Trinajstić information content (AvgIpc) is 2.72. The van der Waals surface area contributed by atoms with Gasteiger partial charge in [-0.25, -0.2) is 0 Å². The summed E-state index contributed by atoms with van der Waals surface area (Å²) in [6, 6.07) is 3.71. The summed E-state index contributed by atoms with van der Waals surface area (Å²) in [5.74, 6) is -0.0275. The van der Waals surface area contributed by atoms with Crippen LogP contribution in [-0.4, -0.2) is 23.5 Å². The van der Waals surface area contributed by atoms with Crippen molar-refractivity contribution < 1.29 is 4.79 Å². The number of aromatic nitrogens is 1. The van der Waals surface area contributed by atoms with Gasteiger partial charge in [-0.05, 0) is 29.7 Å². The monoisotopic (exact) mass is 227 g/mol. The number of nitrogens with zero attached hydrogens (tertiary/aromatic N) is 1. The summed E-state index contributed by atoms with van der Waals surface area (Å²) in [5, 5.41) is 5.96. The molecule has 3 rings (SSSR count). The highest BCUT2D eigenvalue weighted by atomic mass is 16.2. The van der Waals surface area contributed by atoms with Crippen molar-refractivity contribution in [1.82, 2.24) is 15.6 Å². The molecule has 1 aromatic rings. The van der Waals surface area contributed by atoms with E-state index in [1.165, 1.54) is 5.56 Å². The van der Waals surface area contributed by atoms with E-state index in [-0.39, 0.29) is 11.9 Å². The molecule has 0 radical (unpaired) electrons. The van der Waals surface area contributed by atoms with E-state index in [1.807, 2.05) is 18.2 Å². The lowest BCUT2D eigenvalue weighted by Gasteiger charge is -2.25. The molecule has 0 aromatic carbocycles. The van der Waals surface area contributed by atoms with Gasteiger partial charge >= 0.3 is 0 Å². The van der Waals surface area contributed by atoms with Gasteiger partial charge in [0.25, 0.3) is 0 Å². The van der Waals surface area contributed by atoms with Crippen molar-refractivity contribution in [3.8, 4) is 0 Å². The Labute approximate surface area is 99.4 Å². The number of carbonyl (C=O) groups is 1. The van der Waals surface area contributed by atoms with Gasteiger partial charge < -0.3 is 5.32 Å². The predicted molar refractivity (Wildman–Crippen MR) is 65.0 cm³/mol. The largest absolute Gasteiger partial charge is 0.327 e. The Hall–Kier alpha value is -1.94. The highest BCUT2D eigenvalue weighted by molar-refractivity contribution is 5.89. The molecule has 86 valence electrons. The molecule has 0 spiro atoms. The minimum absolute atomic E-state index is 0.0275. The molecular formula is C13H13N3O. The second kappa shape index (κ2) is 3.82. The Morgan fingerprint density at radius 1 is 1.47 bits per heavy atom. The van der Waals surface area contributed by atoms with Gasteiger partial charge in [0.2, 0.25) is 5.91 Å². The van der Waals surface area contributed by atoms with Gasteiger partial charge in [-0.3, -0.25) is 15.1 Å². The van der Waals surface area contributed by atoms with Crippen LogP contribution in [0.1, 0.15) is 11.3 Å². The molecule has 1 aliphatic heterocycles. The summed E-state index contributed by atoms with van der Waals surface area (Å²) in [6.07, 6.45) is 4.57. The van der Waals surface area contributed by atoms with Gasteiger partial charge in [0.05, 0.1) is 5.69 Å². The maximum absolute atomic E-state index is 11.8. The maximum atomic E-state index is 11.8. The molecule has 1 atom stereocenters. The Balaban J connectivity index is 1.84. The van der Waals surface area contributed by atoms with Crippen LogP contribution in [0.5, 0.6) is 0 Å². The highest BCUT2D eigenvalue weighted by Crippen LogP contribution is 2.25. The molecule has 1 saturated heterocycles. The zero-order valence-electron chi connectivity index (χ0n) is 9.36. The number of hydrogen-bond donors (Lipinski definition) is 2. The quantitative estimate of drug-likeness (QED) is 0.739. The summed E-state index contributed by atoms with van der Waals surface area (Å²) in [6.45, 7) is 4.36. The molecule has 17 heavy (non-hydrogen) atoms. The number of rotatable bonds is 1. The predicted octanol–water partition coefficient (Wildman–Crippen LogP) is 0.623. The van der Waals surface area contributed by atoms with Gasteiger partial charge in [-0.2, -0.15) is 0 Å². The lowest BCUT2D eigenvalue weighted by Crippen LogP contribution is -2.52. The lowest BCUT2D eigenvalue weighted by atomic mass is 10.0. The van der Waals surface area contributed by atoms with Crippen molar-refractivity contribution in [2.75, 3.05) is 6.54 Å². The van der Waals surface area contributed by atoms with Gasteiger partial charge in [-0.15, -0.1) is 0 Å². The van der Waals surface area contributed by atoms with Crippen molar-refractivity contribution in [2.24, 2.45) is 0 Å². The van der Waals surface area contributed by atoms with E-state index in [0.29, 0.717) is 6.54 Å². The summed E-state index contributed by atoms with van der Waals surface area (Å²) in [7, 11) is 0. The molecule has 4 nitrogen and oxygen atoms in total. The third kappa shape index (κ3) is 1.76. The lowest BCUT2D eigenvalue weighted by molar-refractivity contribution is -0.122. The molecule has 2 aliphatic rings. The van der Waals surface area contributed by atoms with Crippen molar-refractivity contribution in [3.63, 3.8) is 0 Å². The maximum Gasteiger partial charge on any atom is 0.245 e. The summed E-state index contributed by atoms with van der Waals surface area (Å²) in [5.41, 5.74) is 3.95. The van der Waals surface area contributed by atoms with E-state index in [2.05, 4.69) is 22.2 Å². The fourth-order valence-corrected chi connectivity index (χ4v) is 2.27. The minimum atomic E-state index is -0.255. The van der Waals surface area contributed by atoms with E-state index in [0.717, 1.165) is 23.4 Å². The van der Waals surface area contributed by atoms with E-state index in [9.17, 15) is 4.79 Å². The van der Waals surface area contributed by atoms with E-state index in [4.69, 9.17) is 0 Å². The van der Waals surface area contributed by atoms with Crippen LogP contribution in [0.15, 0.2) is 36.2 Å². The zero-order valence-corrected chi connectivity index (χ0v) is 9.36. The van der Waals surface area contributed by atoms with Crippen molar-refractivity contribution in [3.05, 3.63) is 47.4 Å². The normalized spacial score (nSPS) is 23.1. The Bertz CT molecular complexity index is 533. The van der Waals surface area contributed by atoms with Gasteiger partial charge in [0.1, 0.15) is 6.04 Å². The smallest absolute Gasteiger partial charge is 0.245 e. The molecule has 1 amide bonds. The fourth-order valence-electron chi connectivity index (χ4n) is 2.27. The first-order valence-corrected chi connectivity index (χ1v) is 5.60. The molecule has 1 fully saturated rings.